The second-order valence-electron chi connectivity index (χ2n) is 4.34. The average Bonchev–Trinajstić information content (AvgIpc) is 2.38. The lowest BCUT2D eigenvalue weighted by Crippen LogP contribution is -2.05. The minimum Gasteiger partial charge on any atom is -0.439 e. The maximum Gasteiger partial charge on any atom is 0.219 e. The second-order valence-corrected chi connectivity index (χ2v) is 4.34. The van der Waals surface area contributed by atoms with E-state index >= 15 is 0 Å². The number of aromatic nitrogens is 1. The first kappa shape index (κ1) is 12.6. The molecule has 0 aliphatic carbocycles. The monoisotopic (exact) mass is 242 g/mol. The first-order valence-electron chi connectivity index (χ1n) is 6.04. The van der Waals surface area contributed by atoms with E-state index in [1.807, 2.05) is 37.5 Å². The van der Waals surface area contributed by atoms with E-state index < -0.39 is 0 Å². The molecule has 1 aromatic carbocycles. The zero-order valence-electron chi connectivity index (χ0n) is 11.0. The summed E-state index contributed by atoms with van der Waals surface area (Å²) in [5, 5.41) is 3.09. The van der Waals surface area contributed by atoms with Crippen molar-refractivity contribution in [3.8, 4) is 11.6 Å². The number of aryl methyl sites for hydroxylation is 1. The minimum absolute atomic E-state index is 0.628. The molecule has 2 aromatic rings. The van der Waals surface area contributed by atoms with Crippen LogP contribution in [0.1, 0.15) is 16.7 Å². The predicted molar refractivity (Wildman–Crippen MR) is 73.0 cm³/mol. The topological polar surface area (TPSA) is 34.1 Å². The van der Waals surface area contributed by atoms with E-state index in [2.05, 4.69) is 30.2 Å². The van der Waals surface area contributed by atoms with Crippen molar-refractivity contribution in [2.24, 2.45) is 0 Å². The van der Waals surface area contributed by atoms with Gasteiger partial charge in [-0.25, -0.2) is 4.98 Å². The molecule has 3 heteroatoms. The van der Waals surface area contributed by atoms with Gasteiger partial charge in [0.25, 0.3) is 0 Å². The summed E-state index contributed by atoms with van der Waals surface area (Å²) in [6.07, 6.45) is 1.83. The molecular weight excluding hydrogens is 224 g/mol. The first-order chi connectivity index (χ1) is 8.70. The summed E-state index contributed by atoms with van der Waals surface area (Å²) in [7, 11) is 1.92. The SMILES string of the molecule is CNCc1ccc(Oc2cccc(C)c2C)nc1. The fourth-order valence-corrected chi connectivity index (χ4v) is 1.73. The van der Waals surface area contributed by atoms with Crippen LogP contribution >= 0.6 is 0 Å². The van der Waals surface area contributed by atoms with Crippen molar-refractivity contribution in [1.82, 2.24) is 10.3 Å². The van der Waals surface area contributed by atoms with Gasteiger partial charge in [0, 0.05) is 18.8 Å². The molecule has 1 heterocycles. The van der Waals surface area contributed by atoms with Gasteiger partial charge < -0.3 is 10.1 Å². The van der Waals surface area contributed by atoms with Gasteiger partial charge in [-0.2, -0.15) is 0 Å². The van der Waals surface area contributed by atoms with Crippen LogP contribution < -0.4 is 10.1 Å². The Morgan fingerprint density at radius 2 is 2.00 bits per heavy atom. The van der Waals surface area contributed by atoms with Crippen LogP contribution in [0.25, 0.3) is 0 Å². The summed E-state index contributed by atoms with van der Waals surface area (Å²) in [4.78, 5) is 4.30. The molecular formula is C15H18N2O. The Morgan fingerprint density at radius 1 is 1.17 bits per heavy atom. The number of nitrogens with one attached hydrogen (secondary N) is 1. The molecule has 0 saturated carbocycles. The molecule has 2 rings (SSSR count). The van der Waals surface area contributed by atoms with E-state index in [9.17, 15) is 0 Å². The van der Waals surface area contributed by atoms with Crippen molar-refractivity contribution in [3.05, 3.63) is 53.2 Å². The number of rotatable bonds is 4. The summed E-state index contributed by atoms with van der Waals surface area (Å²) in [6.45, 7) is 4.95. The molecule has 0 saturated heterocycles. The molecule has 0 fully saturated rings. The number of benzene rings is 1. The van der Waals surface area contributed by atoms with Gasteiger partial charge in [-0.1, -0.05) is 18.2 Å². The van der Waals surface area contributed by atoms with Crippen LogP contribution in [0.5, 0.6) is 11.6 Å². The highest BCUT2D eigenvalue weighted by Crippen LogP contribution is 2.25. The zero-order valence-corrected chi connectivity index (χ0v) is 11.0. The summed E-state index contributed by atoms with van der Waals surface area (Å²) < 4.78 is 5.79. The number of hydrogen-bond acceptors (Lipinski definition) is 3. The van der Waals surface area contributed by atoms with Crippen LogP contribution in [0.3, 0.4) is 0 Å². The van der Waals surface area contributed by atoms with Gasteiger partial charge in [-0.15, -0.1) is 0 Å². The van der Waals surface area contributed by atoms with Gasteiger partial charge in [0.1, 0.15) is 5.75 Å². The molecule has 0 aliphatic rings. The van der Waals surface area contributed by atoms with E-state index in [-0.39, 0.29) is 0 Å². The lowest BCUT2D eigenvalue weighted by atomic mass is 10.1. The molecule has 1 N–H and O–H groups in total. The highest BCUT2D eigenvalue weighted by atomic mass is 16.5. The van der Waals surface area contributed by atoms with Crippen molar-refractivity contribution >= 4 is 0 Å². The van der Waals surface area contributed by atoms with Crippen molar-refractivity contribution in [2.75, 3.05) is 7.05 Å². The largest absolute Gasteiger partial charge is 0.439 e. The Hall–Kier alpha value is -1.87. The van der Waals surface area contributed by atoms with Crippen LogP contribution in [-0.4, -0.2) is 12.0 Å². The summed E-state index contributed by atoms with van der Waals surface area (Å²) >= 11 is 0. The molecule has 0 bridgehead atoms. The number of ether oxygens (including phenoxy) is 1. The highest BCUT2D eigenvalue weighted by Gasteiger charge is 2.04. The van der Waals surface area contributed by atoms with Crippen molar-refractivity contribution in [1.29, 1.82) is 0 Å². The normalized spacial score (nSPS) is 10.4. The molecule has 0 spiro atoms. The van der Waals surface area contributed by atoms with Crippen molar-refractivity contribution in [3.63, 3.8) is 0 Å². The molecule has 3 nitrogen and oxygen atoms in total. The predicted octanol–water partition coefficient (Wildman–Crippen LogP) is 3.21. The van der Waals surface area contributed by atoms with Gasteiger partial charge in [0.05, 0.1) is 0 Å². The molecule has 18 heavy (non-hydrogen) atoms. The standard InChI is InChI=1S/C15H18N2O/c1-11-5-4-6-14(12(11)2)18-15-8-7-13(9-16-3)10-17-15/h4-8,10,16H,9H2,1-3H3. The number of pyridine rings is 1. The highest BCUT2D eigenvalue weighted by molar-refractivity contribution is 5.40. The third-order valence-electron chi connectivity index (χ3n) is 2.95. The fraction of sp³-hybridized carbons (Fsp3) is 0.267. The molecule has 0 atom stereocenters. The molecule has 94 valence electrons. The molecule has 0 aliphatic heterocycles. The fourth-order valence-electron chi connectivity index (χ4n) is 1.73. The minimum atomic E-state index is 0.628. The van der Waals surface area contributed by atoms with Crippen molar-refractivity contribution < 1.29 is 4.74 Å². The van der Waals surface area contributed by atoms with E-state index in [0.717, 1.165) is 23.4 Å². The Bertz CT molecular complexity index is 521. The Balaban J connectivity index is 2.16. The molecule has 0 amide bonds. The summed E-state index contributed by atoms with van der Waals surface area (Å²) in [5.74, 6) is 1.49. The Morgan fingerprint density at radius 3 is 2.67 bits per heavy atom. The smallest absolute Gasteiger partial charge is 0.219 e. The molecule has 1 aromatic heterocycles. The van der Waals surface area contributed by atoms with Crippen molar-refractivity contribution in [2.45, 2.75) is 20.4 Å². The van der Waals surface area contributed by atoms with Crippen LogP contribution in [0, 0.1) is 13.8 Å². The summed E-state index contributed by atoms with van der Waals surface area (Å²) in [6, 6.07) is 9.95. The summed E-state index contributed by atoms with van der Waals surface area (Å²) in [5.41, 5.74) is 3.52. The van der Waals surface area contributed by atoms with E-state index in [4.69, 9.17) is 4.74 Å². The van der Waals surface area contributed by atoms with E-state index in [1.54, 1.807) is 0 Å². The van der Waals surface area contributed by atoms with E-state index in [0.29, 0.717) is 5.88 Å². The molecule has 0 unspecified atom stereocenters. The lowest BCUT2D eigenvalue weighted by molar-refractivity contribution is 0.458. The number of nitrogens with zero attached hydrogens (tertiary/aromatic N) is 1. The van der Waals surface area contributed by atoms with Gasteiger partial charge >= 0.3 is 0 Å². The third-order valence-corrected chi connectivity index (χ3v) is 2.95. The Labute approximate surface area is 108 Å². The van der Waals surface area contributed by atoms with Crippen LogP contribution in [-0.2, 0) is 6.54 Å². The quantitative estimate of drug-likeness (QED) is 0.894. The van der Waals surface area contributed by atoms with Crippen LogP contribution in [0.15, 0.2) is 36.5 Å². The molecule has 0 radical (unpaired) electrons. The van der Waals surface area contributed by atoms with E-state index in [1.165, 1.54) is 5.56 Å². The van der Waals surface area contributed by atoms with Crippen LogP contribution in [0.4, 0.5) is 0 Å². The van der Waals surface area contributed by atoms with Gasteiger partial charge in [0.15, 0.2) is 0 Å². The maximum absolute atomic E-state index is 5.79. The number of hydrogen-bond donors (Lipinski definition) is 1. The van der Waals surface area contributed by atoms with Gasteiger partial charge in [-0.05, 0) is 43.7 Å². The third kappa shape index (κ3) is 2.87. The van der Waals surface area contributed by atoms with Gasteiger partial charge in [-0.3, -0.25) is 0 Å². The Kier molecular flexibility index (Phi) is 3.95. The zero-order chi connectivity index (χ0) is 13.0. The first-order valence-corrected chi connectivity index (χ1v) is 6.04. The lowest BCUT2D eigenvalue weighted by Gasteiger charge is -2.10. The second kappa shape index (κ2) is 5.65. The van der Waals surface area contributed by atoms with Crippen LogP contribution in [0.2, 0.25) is 0 Å². The maximum atomic E-state index is 5.79. The van der Waals surface area contributed by atoms with Gasteiger partial charge in [0.2, 0.25) is 5.88 Å². The average molecular weight is 242 g/mol.